The molecule has 1 atom stereocenters. The summed E-state index contributed by atoms with van der Waals surface area (Å²) in [6.45, 7) is 3.19. The van der Waals surface area contributed by atoms with Gasteiger partial charge in [-0.3, -0.25) is 9.78 Å². The molecule has 1 aliphatic rings. The number of hydrogen-bond donors (Lipinski definition) is 1. The van der Waals surface area contributed by atoms with E-state index in [1.807, 2.05) is 42.2 Å². The molecule has 1 amide bonds. The molecule has 0 aliphatic carbocycles. The largest absolute Gasteiger partial charge is 0.340 e. The van der Waals surface area contributed by atoms with Crippen LogP contribution in [0.15, 0.2) is 53.9 Å². The van der Waals surface area contributed by atoms with Gasteiger partial charge in [0.25, 0.3) is 0 Å². The minimum Gasteiger partial charge on any atom is -0.340 e. The highest BCUT2D eigenvalue weighted by Crippen LogP contribution is 2.26. The highest BCUT2D eigenvalue weighted by atomic mass is 32.2. The number of hydrogen-bond acceptors (Lipinski definition) is 5. The number of amides is 1. The highest BCUT2D eigenvalue weighted by molar-refractivity contribution is 8.00. The van der Waals surface area contributed by atoms with Crippen molar-refractivity contribution in [1.82, 2.24) is 24.8 Å². The molecule has 0 aromatic carbocycles. The average Bonchev–Trinajstić information content (AvgIpc) is 3.12. The SMILES string of the molecule is CC(Sc1ccccn1)C(=O)N1CCc2nc(-c3cccnc3)[nH]c2C1. The number of fused-ring (bicyclic) bond motifs is 1. The lowest BCUT2D eigenvalue weighted by atomic mass is 10.1. The summed E-state index contributed by atoms with van der Waals surface area (Å²) in [5.41, 5.74) is 3.01. The van der Waals surface area contributed by atoms with E-state index in [0.29, 0.717) is 13.1 Å². The Morgan fingerprint density at radius 3 is 2.96 bits per heavy atom. The zero-order valence-electron chi connectivity index (χ0n) is 14.4. The van der Waals surface area contributed by atoms with E-state index in [9.17, 15) is 4.79 Å². The number of carbonyl (C=O) groups excluding carboxylic acids is 1. The van der Waals surface area contributed by atoms with E-state index in [2.05, 4.69) is 19.9 Å². The predicted octanol–water partition coefficient (Wildman–Crippen LogP) is 2.93. The summed E-state index contributed by atoms with van der Waals surface area (Å²) in [6, 6.07) is 9.61. The minimum absolute atomic E-state index is 0.129. The standard InChI is InChI=1S/C19H19N5OS/c1-13(26-17-6-2-3-9-21-17)19(25)24-10-7-15-16(12-24)23-18(22-15)14-5-4-8-20-11-14/h2-6,8-9,11,13H,7,10,12H2,1H3,(H,22,23). The van der Waals surface area contributed by atoms with Gasteiger partial charge in [0.05, 0.1) is 28.2 Å². The zero-order chi connectivity index (χ0) is 17.9. The Morgan fingerprint density at radius 1 is 1.27 bits per heavy atom. The van der Waals surface area contributed by atoms with Gasteiger partial charge in [0.2, 0.25) is 5.91 Å². The van der Waals surface area contributed by atoms with Crippen molar-refractivity contribution in [2.45, 2.75) is 30.2 Å². The molecule has 0 spiro atoms. The number of aromatic nitrogens is 4. The van der Waals surface area contributed by atoms with Crippen LogP contribution in [0.1, 0.15) is 18.3 Å². The number of aromatic amines is 1. The number of nitrogens with zero attached hydrogens (tertiary/aromatic N) is 4. The molecule has 0 radical (unpaired) electrons. The number of imidazole rings is 1. The Labute approximate surface area is 156 Å². The highest BCUT2D eigenvalue weighted by Gasteiger charge is 2.27. The predicted molar refractivity (Wildman–Crippen MR) is 100 cm³/mol. The first kappa shape index (κ1) is 16.8. The summed E-state index contributed by atoms with van der Waals surface area (Å²) in [5, 5.41) is 0.693. The van der Waals surface area contributed by atoms with Crippen molar-refractivity contribution < 1.29 is 4.79 Å². The second kappa shape index (κ2) is 7.29. The third-order valence-corrected chi connectivity index (χ3v) is 5.40. The van der Waals surface area contributed by atoms with E-state index in [-0.39, 0.29) is 11.2 Å². The monoisotopic (exact) mass is 365 g/mol. The molecule has 132 valence electrons. The molecule has 0 bridgehead atoms. The maximum absolute atomic E-state index is 12.8. The van der Waals surface area contributed by atoms with Crippen molar-refractivity contribution in [2.24, 2.45) is 0 Å². The van der Waals surface area contributed by atoms with Crippen LogP contribution in [0.3, 0.4) is 0 Å². The van der Waals surface area contributed by atoms with Crippen LogP contribution in [0, 0.1) is 0 Å². The third-order valence-electron chi connectivity index (χ3n) is 4.36. The van der Waals surface area contributed by atoms with Gasteiger partial charge in [0.15, 0.2) is 0 Å². The maximum Gasteiger partial charge on any atom is 0.236 e. The Kier molecular flexibility index (Phi) is 4.71. The van der Waals surface area contributed by atoms with Crippen LogP contribution in [0.5, 0.6) is 0 Å². The van der Waals surface area contributed by atoms with Crippen molar-refractivity contribution in [3.63, 3.8) is 0 Å². The molecule has 0 fully saturated rings. The Morgan fingerprint density at radius 2 is 2.19 bits per heavy atom. The molecule has 4 heterocycles. The molecule has 6 nitrogen and oxygen atoms in total. The molecule has 4 rings (SSSR count). The van der Waals surface area contributed by atoms with Crippen molar-refractivity contribution in [3.05, 3.63) is 60.3 Å². The number of pyridine rings is 2. The van der Waals surface area contributed by atoms with Crippen molar-refractivity contribution in [1.29, 1.82) is 0 Å². The summed E-state index contributed by atoms with van der Waals surface area (Å²) >= 11 is 1.49. The molecule has 1 aliphatic heterocycles. The second-order valence-corrected chi connectivity index (χ2v) is 7.55. The van der Waals surface area contributed by atoms with E-state index in [1.165, 1.54) is 11.8 Å². The Hall–Kier alpha value is -2.67. The molecule has 26 heavy (non-hydrogen) atoms. The molecule has 7 heteroatoms. The topological polar surface area (TPSA) is 74.8 Å². The van der Waals surface area contributed by atoms with Crippen LogP contribution in [0.25, 0.3) is 11.4 Å². The summed E-state index contributed by atoms with van der Waals surface area (Å²) in [4.78, 5) is 31.2. The van der Waals surface area contributed by atoms with Crippen molar-refractivity contribution in [3.8, 4) is 11.4 Å². The van der Waals surface area contributed by atoms with E-state index in [1.54, 1.807) is 18.6 Å². The second-order valence-electron chi connectivity index (χ2n) is 6.19. The summed E-state index contributed by atoms with van der Waals surface area (Å²) in [5.74, 6) is 0.942. The molecule has 3 aromatic rings. The average molecular weight is 365 g/mol. The van der Waals surface area contributed by atoms with Crippen LogP contribution in [-0.2, 0) is 17.8 Å². The van der Waals surface area contributed by atoms with Gasteiger partial charge < -0.3 is 9.88 Å². The van der Waals surface area contributed by atoms with Crippen LogP contribution in [0.4, 0.5) is 0 Å². The first-order valence-corrected chi connectivity index (χ1v) is 9.43. The lowest BCUT2D eigenvalue weighted by molar-refractivity contribution is -0.131. The lowest BCUT2D eigenvalue weighted by Gasteiger charge is -2.28. The van der Waals surface area contributed by atoms with E-state index < -0.39 is 0 Å². The summed E-state index contributed by atoms with van der Waals surface area (Å²) in [7, 11) is 0. The first-order chi connectivity index (χ1) is 12.7. The van der Waals surface area contributed by atoms with Gasteiger partial charge >= 0.3 is 0 Å². The molecule has 1 N–H and O–H groups in total. The lowest BCUT2D eigenvalue weighted by Crippen LogP contribution is -2.40. The summed E-state index contributed by atoms with van der Waals surface area (Å²) in [6.07, 6.45) is 6.04. The van der Waals surface area contributed by atoms with Crippen LogP contribution in [-0.4, -0.2) is 42.5 Å². The van der Waals surface area contributed by atoms with E-state index in [4.69, 9.17) is 0 Å². The molecular formula is C19H19N5OS. The number of carbonyl (C=O) groups is 1. The molecule has 0 saturated heterocycles. The van der Waals surface area contributed by atoms with Gasteiger partial charge in [-0.1, -0.05) is 17.8 Å². The van der Waals surface area contributed by atoms with Gasteiger partial charge in [0, 0.05) is 37.1 Å². The van der Waals surface area contributed by atoms with Gasteiger partial charge in [-0.2, -0.15) is 0 Å². The fraction of sp³-hybridized carbons (Fsp3) is 0.263. The molecule has 0 saturated carbocycles. The van der Waals surface area contributed by atoms with Crippen molar-refractivity contribution in [2.75, 3.05) is 6.54 Å². The fourth-order valence-electron chi connectivity index (χ4n) is 3.03. The molecule has 3 aromatic heterocycles. The van der Waals surface area contributed by atoms with Crippen LogP contribution in [0.2, 0.25) is 0 Å². The van der Waals surface area contributed by atoms with Crippen LogP contribution >= 0.6 is 11.8 Å². The molecular weight excluding hydrogens is 346 g/mol. The number of thioether (sulfide) groups is 1. The zero-order valence-corrected chi connectivity index (χ0v) is 15.2. The normalized spacial score (nSPS) is 14.7. The number of H-pyrrole nitrogens is 1. The third kappa shape index (κ3) is 3.48. The van der Waals surface area contributed by atoms with Crippen molar-refractivity contribution >= 4 is 17.7 Å². The van der Waals surface area contributed by atoms with Gasteiger partial charge in [0.1, 0.15) is 5.82 Å². The minimum atomic E-state index is -0.174. The summed E-state index contributed by atoms with van der Waals surface area (Å²) < 4.78 is 0. The Bertz CT molecular complexity index is 897. The fourth-order valence-corrected chi connectivity index (χ4v) is 3.92. The van der Waals surface area contributed by atoms with E-state index >= 15 is 0 Å². The smallest absolute Gasteiger partial charge is 0.236 e. The number of nitrogens with one attached hydrogen (secondary N) is 1. The maximum atomic E-state index is 12.8. The van der Waals surface area contributed by atoms with Crippen LogP contribution < -0.4 is 0 Å². The quantitative estimate of drug-likeness (QED) is 0.720. The first-order valence-electron chi connectivity index (χ1n) is 8.55. The van der Waals surface area contributed by atoms with E-state index in [0.717, 1.165) is 34.2 Å². The molecule has 1 unspecified atom stereocenters. The van der Waals surface area contributed by atoms with Gasteiger partial charge in [-0.15, -0.1) is 0 Å². The van der Waals surface area contributed by atoms with Gasteiger partial charge in [-0.25, -0.2) is 9.97 Å². The van der Waals surface area contributed by atoms with Gasteiger partial charge in [-0.05, 0) is 31.2 Å². The Balaban J connectivity index is 1.46. The number of rotatable bonds is 4.